The van der Waals surface area contributed by atoms with Gasteiger partial charge < -0.3 is 14.8 Å². The Morgan fingerprint density at radius 1 is 1.15 bits per heavy atom. The Bertz CT molecular complexity index is 1040. The topological polar surface area (TPSA) is 79.5 Å². The molecular formula is C19H20ClNO4S. The number of rotatable bonds is 3. The number of fused-ring (bicyclic) bond motifs is 3. The average molecular weight is 394 g/mol. The van der Waals surface area contributed by atoms with Gasteiger partial charge in [-0.15, -0.1) is 12.4 Å². The Morgan fingerprint density at radius 2 is 1.88 bits per heavy atom. The van der Waals surface area contributed by atoms with E-state index in [9.17, 15) is 13.5 Å². The van der Waals surface area contributed by atoms with Crippen molar-refractivity contribution in [2.24, 2.45) is 0 Å². The molecule has 1 aliphatic heterocycles. The highest BCUT2D eigenvalue weighted by Gasteiger charge is 2.25. The van der Waals surface area contributed by atoms with Gasteiger partial charge in [0, 0.05) is 36.0 Å². The lowest BCUT2D eigenvalue weighted by Crippen LogP contribution is -2.22. The fourth-order valence-electron chi connectivity index (χ4n) is 3.31. The van der Waals surface area contributed by atoms with Crippen molar-refractivity contribution >= 4 is 33.2 Å². The van der Waals surface area contributed by atoms with Crippen LogP contribution in [0.4, 0.5) is 0 Å². The fourth-order valence-corrected chi connectivity index (χ4v) is 4.65. The molecule has 2 aromatic carbocycles. The second-order valence-corrected chi connectivity index (χ2v) is 8.26. The van der Waals surface area contributed by atoms with Gasteiger partial charge >= 0.3 is 0 Å². The highest BCUT2D eigenvalue weighted by atomic mass is 35.5. The molecule has 1 unspecified atom stereocenters. The second kappa shape index (κ2) is 7.04. The highest BCUT2D eigenvalue weighted by Crippen LogP contribution is 2.36. The van der Waals surface area contributed by atoms with E-state index in [-0.39, 0.29) is 22.2 Å². The first kappa shape index (κ1) is 18.9. The Morgan fingerprint density at radius 3 is 2.58 bits per heavy atom. The third kappa shape index (κ3) is 3.03. The maximum Gasteiger partial charge on any atom is 0.206 e. The van der Waals surface area contributed by atoms with E-state index in [1.807, 2.05) is 0 Å². The number of halogens is 1. The molecule has 7 heteroatoms. The minimum atomic E-state index is -3.66. The van der Waals surface area contributed by atoms with Crippen LogP contribution >= 0.6 is 12.4 Å². The van der Waals surface area contributed by atoms with Gasteiger partial charge in [-0.1, -0.05) is 18.2 Å². The van der Waals surface area contributed by atoms with E-state index in [2.05, 4.69) is 5.32 Å². The van der Waals surface area contributed by atoms with Crippen LogP contribution in [0.5, 0.6) is 0 Å². The molecule has 1 aromatic heterocycles. The maximum absolute atomic E-state index is 13.0. The summed E-state index contributed by atoms with van der Waals surface area (Å²) in [6, 6.07) is 11.5. The lowest BCUT2D eigenvalue weighted by atomic mass is 10.0. The Labute approximate surface area is 158 Å². The molecule has 0 radical (unpaired) electrons. The van der Waals surface area contributed by atoms with E-state index in [1.165, 1.54) is 6.07 Å². The SMILES string of the molecule is CC(O)c1cc(S(=O)(=O)c2ccccc2)cc2c3c(oc12)CCNC3.Cl. The smallest absolute Gasteiger partial charge is 0.206 e. The predicted molar refractivity (Wildman–Crippen MR) is 101 cm³/mol. The van der Waals surface area contributed by atoms with Crippen LogP contribution in [0.15, 0.2) is 56.7 Å². The Balaban J connectivity index is 0.00000196. The second-order valence-electron chi connectivity index (χ2n) is 6.31. The monoisotopic (exact) mass is 393 g/mol. The van der Waals surface area contributed by atoms with Gasteiger partial charge in [-0.3, -0.25) is 0 Å². The number of sulfone groups is 1. The van der Waals surface area contributed by atoms with Crippen LogP contribution in [0.1, 0.15) is 29.9 Å². The Hall–Kier alpha value is -1.86. The van der Waals surface area contributed by atoms with Crippen LogP contribution < -0.4 is 5.32 Å². The summed E-state index contributed by atoms with van der Waals surface area (Å²) >= 11 is 0. The molecule has 1 aliphatic rings. The van der Waals surface area contributed by atoms with Crippen molar-refractivity contribution in [1.82, 2.24) is 5.32 Å². The van der Waals surface area contributed by atoms with Crippen molar-refractivity contribution < 1.29 is 17.9 Å². The van der Waals surface area contributed by atoms with Crippen molar-refractivity contribution in [2.45, 2.75) is 35.8 Å². The van der Waals surface area contributed by atoms with Gasteiger partial charge in [0.05, 0.1) is 15.9 Å². The van der Waals surface area contributed by atoms with Gasteiger partial charge in [0.25, 0.3) is 0 Å². The van der Waals surface area contributed by atoms with Gasteiger partial charge in [-0.25, -0.2) is 8.42 Å². The number of aliphatic hydroxyl groups is 1. The van der Waals surface area contributed by atoms with Crippen LogP contribution in [-0.2, 0) is 22.8 Å². The zero-order valence-corrected chi connectivity index (χ0v) is 15.9. The lowest BCUT2D eigenvalue weighted by Gasteiger charge is -2.12. The first-order valence-electron chi connectivity index (χ1n) is 8.25. The molecule has 2 N–H and O–H groups in total. The number of nitrogens with one attached hydrogen (secondary N) is 1. The quantitative estimate of drug-likeness (QED) is 0.713. The van der Waals surface area contributed by atoms with Crippen LogP contribution in [-0.4, -0.2) is 20.1 Å². The number of benzene rings is 2. The molecule has 0 fully saturated rings. The third-order valence-electron chi connectivity index (χ3n) is 4.62. The molecule has 0 aliphatic carbocycles. The van der Waals surface area contributed by atoms with Crippen molar-refractivity contribution in [3.05, 3.63) is 59.4 Å². The molecule has 2 heterocycles. The molecule has 0 saturated carbocycles. The average Bonchev–Trinajstić information content (AvgIpc) is 3.00. The van der Waals surface area contributed by atoms with E-state index in [1.54, 1.807) is 43.3 Å². The zero-order chi connectivity index (χ0) is 17.6. The molecule has 0 amide bonds. The minimum Gasteiger partial charge on any atom is -0.460 e. The minimum absolute atomic E-state index is 0. The number of hydrogen-bond donors (Lipinski definition) is 2. The van der Waals surface area contributed by atoms with Crippen LogP contribution in [0, 0.1) is 0 Å². The molecule has 0 bridgehead atoms. The van der Waals surface area contributed by atoms with E-state index < -0.39 is 15.9 Å². The van der Waals surface area contributed by atoms with Crippen molar-refractivity contribution in [1.29, 1.82) is 0 Å². The summed E-state index contributed by atoms with van der Waals surface area (Å²) in [5.41, 5.74) is 2.06. The van der Waals surface area contributed by atoms with Gasteiger partial charge in [-0.2, -0.15) is 0 Å². The van der Waals surface area contributed by atoms with Gasteiger partial charge in [0.15, 0.2) is 0 Å². The third-order valence-corrected chi connectivity index (χ3v) is 6.37. The summed E-state index contributed by atoms with van der Waals surface area (Å²) < 4.78 is 32.0. The molecule has 4 rings (SSSR count). The molecule has 0 spiro atoms. The lowest BCUT2D eigenvalue weighted by molar-refractivity contribution is 0.199. The number of hydrogen-bond acceptors (Lipinski definition) is 5. The van der Waals surface area contributed by atoms with E-state index >= 15 is 0 Å². The zero-order valence-electron chi connectivity index (χ0n) is 14.2. The van der Waals surface area contributed by atoms with E-state index in [0.29, 0.717) is 17.7 Å². The van der Waals surface area contributed by atoms with Crippen molar-refractivity contribution in [2.75, 3.05) is 6.54 Å². The first-order chi connectivity index (χ1) is 12.0. The molecule has 1 atom stereocenters. The summed E-state index contributed by atoms with van der Waals surface area (Å²) in [4.78, 5) is 0.414. The molecule has 5 nitrogen and oxygen atoms in total. The molecule has 138 valence electrons. The predicted octanol–water partition coefficient (Wildman–Crippen LogP) is 3.39. The standard InChI is InChI=1S/C19H19NO4S.ClH/c1-12(21)15-9-14(25(22,23)13-5-3-2-4-6-13)10-16-17-11-20-8-7-18(17)24-19(15)16;/h2-6,9-10,12,20-21H,7-8,11H2,1H3;1H. The van der Waals surface area contributed by atoms with Gasteiger partial charge in [0.2, 0.25) is 9.84 Å². The summed E-state index contributed by atoms with van der Waals surface area (Å²) in [5.74, 6) is 0.866. The van der Waals surface area contributed by atoms with E-state index in [0.717, 1.165) is 29.7 Å². The van der Waals surface area contributed by atoms with Crippen LogP contribution in [0.25, 0.3) is 11.0 Å². The highest BCUT2D eigenvalue weighted by molar-refractivity contribution is 7.91. The van der Waals surface area contributed by atoms with Crippen molar-refractivity contribution in [3.8, 4) is 0 Å². The molecule has 3 aromatic rings. The van der Waals surface area contributed by atoms with Gasteiger partial charge in [-0.05, 0) is 31.2 Å². The summed E-state index contributed by atoms with van der Waals surface area (Å²) in [7, 11) is -3.66. The first-order valence-corrected chi connectivity index (χ1v) is 9.74. The largest absolute Gasteiger partial charge is 0.460 e. The molecule has 26 heavy (non-hydrogen) atoms. The molecular weight excluding hydrogens is 374 g/mol. The summed E-state index contributed by atoms with van der Waals surface area (Å²) in [6.45, 7) is 3.08. The van der Waals surface area contributed by atoms with Gasteiger partial charge in [0.1, 0.15) is 11.3 Å². The summed E-state index contributed by atoms with van der Waals surface area (Å²) in [6.07, 6.45) is -0.0710. The number of aliphatic hydroxyl groups excluding tert-OH is 1. The van der Waals surface area contributed by atoms with Crippen LogP contribution in [0.2, 0.25) is 0 Å². The number of furan rings is 1. The normalized spacial score (nSPS) is 15.3. The van der Waals surface area contributed by atoms with Crippen LogP contribution in [0.3, 0.4) is 0 Å². The summed E-state index contributed by atoms with van der Waals surface area (Å²) in [5, 5.41) is 14.2. The fraction of sp³-hybridized carbons (Fsp3) is 0.263. The molecule has 0 saturated heterocycles. The Kier molecular flexibility index (Phi) is 5.12. The maximum atomic E-state index is 13.0. The van der Waals surface area contributed by atoms with Crippen molar-refractivity contribution in [3.63, 3.8) is 0 Å². The van der Waals surface area contributed by atoms with E-state index in [4.69, 9.17) is 4.42 Å².